The lowest BCUT2D eigenvalue weighted by atomic mass is 9.78. The van der Waals surface area contributed by atoms with Gasteiger partial charge in [-0.2, -0.15) is 0 Å². The second-order valence-electron chi connectivity index (χ2n) is 17.6. The number of rotatable bonds is 4. The number of benzene rings is 10. The van der Waals surface area contributed by atoms with Crippen LogP contribution in [-0.2, 0) is 6.42 Å². The number of allylic oxidation sites excluding steroid dienone is 1. The maximum Gasteiger partial charge on any atom is 0.137 e. The Kier molecular flexibility index (Phi) is 8.04. The Balaban J connectivity index is 1.02. The van der Waals surface area contributed by atoms with Gasteiger partial charge in [0.1, 0.15) is 5.84 Å². The summed E-state index contributed by atoms with van der Waals surface area (Å²) in [7, 11) is 0. The minimum atomic E-state index is -0.0192. The van der Waals surface area contributed by atoms with Crippen LogP contribution in [0.15, 0.2) is 216 Å². The minimum absolute atomic E-state index is 0.0192. The van der Waals surface area contributed by atoms with Gasteiger partial charge < -0.3 is 4.57 Å². The zero-order valence-corrected chi connectivity index (χ0v) is 36.2. The summed E-state index contributed by atoms with van der Waals surface area (Å²) < 4.78 is 5.05. The number of hydrogen-bond donors (Lipinski definition) is 0. The molecule has 1 aliphatic heterocycles. The largest absolute Gasteiger partial charge is 0.308 e. The number of hydrogen-bond acceptors (Lipinski definition) is 3. The van der Waals surface area contributed by atoms with Gasteiger partial charge in [-0.05, 0) is 97.4 Å². The van der Waals surface area contributed by atoms with Crippen molar-refractivity contribution >= 4 is 103 Å². The van der Waals surface area contributed by atoms with Crippen LogP contribution in [0, 0.1) is 0 Å². The summed E-state index contributed by atoms with van der Waals surface area (Å²) in [5.41, 5.74) is 13.0. The van der Waals surface area contributed by atoms with Crippen LogP contribution >= 0.6 is 11.3 Å². The molecule has 0 amide bonds. The molecule has 12 aromatic rings. The molecule has 0 fully saturated rings. The molecule has 2 aromatic heterocycles. The molecule has 65 heavy (non-hydrogen) atoms. The third kappa shape index (κ3) is 5.67. The molecule has 2 aliphatic rings. The van der Waals surface area contributed by atoms with Gasteiger partial charge in [0.05, 0.1) is 32.8 Å². The van der Waals surface area contributed by atoms with Gasteiger partial charge in [-0.3, -0.25) is 0 Å². The van der Waals surface area contributed by atoms with Crippen LogP contribution in [0.3, 0.4) is 0 Å². The predicted molar refractivity (Wildman–Crippen MR) is 278 cm³/mol. The van der Waals surface area contributed by atoms with E-state index in [1.165, 1.54) is 102 Å². The highest BCUT2D eigenvalue weighted by Crippen LogP contribution is 2.46. The van der Waals surface area contributed by atoms with Gasteiger partial charge in [0.25, 0.3) is 0 Å². The molecule has 0 N–H and O–H groups in total. The summed E-state index contributed by atoms with van der Waals surface area (Å²) >= 11 is 1.88. The Morgan fingerprint density at radius 3 is 2.05 bits per heavy atom. The van der Waals surface area contributed by atoms with Crippen LogP contribution in [0.4, 0.5) is 0 Å². The SMILES string of the molecule is C1=C(c2ccc3ccccc3c2)N=C(C2Cc3ccccc3-c3ccccc32)N=C(c2ccc(-n3c4cc5ccccc5cc4c4c5ccccc5ccc43)c3sc4ccccc4c23)C1. The van der Waals surface area contributed by atoms with Crippen molar-refractivity contribution in [2.75, 3.05) is 0 Å². The summed E-state index contributed by atoms with van der Waals surface area (Å²) in [4.78, 5) is 11.4. The molecular weight excluding hydrogens is 807 g/mol. The molecule has 1 unspecified atom stereocenters. The summed E-state index contributed by atoms with van der Waals surface area (Å²) in [6.45, 7) is 0. The highest BCUT2D eigenvalue weighted by Gasteiger charge is 2.30. The van der Waals surface area contributed by atoms with Crippen LogP contribution in [-0.4, -0.2) is 16.1 Å². The molecule has 3 nitrogen and oxygen atoms in total. The van der Waals surface area contributed by atoms with E-state index in [9.17, 15) is 0 Å². The van der Waals surface area contributed by atoms with Crippen molar-refractivity contribution in [3.63, 3.8) is 0 Å². The first-order chi connectivity index (χ1) is 32.2. The second kappa shape index (κ2) is 14.3. The lowest BCUT2D eigenvalue weighted by Crippen LogP contribution is -2.20. The number of fused-ring (bicyclic) bond motifs is 13. The van der Waals surface area contributed by atoms with Crippen molar-refractivity contribution in [3.8, 4) is 16.8 Å². The molecule has 3 heterocycles. The number of aliphatic imine (C=N–C) groups is 2. The maximum absolute atomic E-state index is 5.79. The van der Waals surface area contributed by atoms with Gasteiger partial charge in [-0.15, -0.1) is 11.3 Å². The Hall–Kier alpha value is -7.92. The van der Waals surface area contributed by atoms with Crippen LogP contribution in [0.5, 0.6) is 0 Å². The lowest BCUT2D eigenvalue weighted by Gasteiger charge is -2.27. The zero-order valence-electron chi connectivity index (χ0n) is 35.4. The molecule has 0 saturated carbocycles. The molecule has 304 valence electrons. The average Bonchev–Trinajstić information content (AvgIpc) is 3.82. The Morgan fingerprint density at radius 2 is 1.17 bits per heavy atom. The highest BCUT2D eigenvalue weighted by molar-refractivity contribution is 7.26. The molecule has 0 bridgehead atoms. The Bertz CT molecular complexity index is 4080. The molecule has 0 radical (unpaired) electrons. The summed E-state index contributed by atoms with van der Waals surface area (Å²) in [5.74, 6) is 0.839. The van der Waals surface area contributed by atoms with Crippen molar-refractivity contribution in [2.45, 2.75) is 18.8 Å². The van der Waals surface area contributed by atoms with Gasteiger partial charge in [0.15, 0.2) is 0 Å². The van der Waals surface area contributed by atoms with Crippen molar-refractivity contribution in [1.82, 2.24) is 4.57 Å². The number of nitrogens with zero attached hydrogens (tertiary/aromatic N) is 3. The van der Waals surface area contributed by atoms with Gasteiger partial charge in [-0.1, -0.05) is 170 Å². The van der Waals surface area contributed by atoms with Crippen LogP contribution in [0.25, 0.3) is 96.8 Å². The fourth-order valence-corrected chi connectivity index (χ4v) is 12.2. The summed E-state index contributed by atoms with van der Waals surface area (Å²) in [5, 5.41) is 12.5. The van der Waals surface area contributed by atoms with E-state index in [0.29, 0.717) is 6.42 Å². The molecule has 4 heteroatoms. The molecule has 1 aliphatic carbocycles. The molecule has 0 spiro atoms. The molecular formula is C61H39N3S. The van der Waals surface area contributed by atoms with Crippen molar-refractivity contribution < 1.29 is 0 Å². The minimum Gasteiger partial charge on any atom is -0.308 e. The van der Waals surface area contributed by atoms with E-state index in [0.717, 1.165) is 34.8 Å². The third-order valence-corrected chi connectivity index (χ3v) is 15.2. The standard InChI is InChI=1S/C61H39N3S/c1-2-15-39-33-43(26-25-37(39)13-1)52-29-30-53(63-61(62-52)50-35-42-18-6-7-19-44(42)46-21-9-10-22-47(46)50)48-28-32-55(60-59(48)49-23-11-12-24-57(49)65-60)64-54-31-27-38-14-5-8-20-45(38)58(54)51-34-40-16-3-4-17-41(40)36-56(51)64/h1-29,31-34,36,50H,30,35H2. The topological polar surface area (TPSA) is 29.6 Å². The first-order valence-corrected chi connectivity index (χ1v) is 23.4. The van der Waals surface area contributed by atoms with Crippen LogP contribution in [0.2, 0.25) is 0 Å². The third-order valence-electron chi connectivity index (χ3n) is 14.0. The Labute approximate surface area is 379 Å². The molecule has 14 rings (SSSR count). The maximum atomic E-state index is 5.79. The predicted octanol–water partition coefficient (Wildman–Crippen LogP) is 16.3. The molecule has 0 saturated heterocycles. The second-order valence-corrected chi connectivity index (χ2v) is 18.6. The number of aromatic nitrogens is 1. The number of thiophene rings is 1. The average molecular weight is 846 g/mol. The summed E-state index contributed by atoms with van der Waals surface area (Å²) in [6.07, 6.45) is 3.79. The van der Waals surface area contributed by atoms with Crippen molar-refractivity contribution in [1.29, 1.82) is 0 Å². The van der Waals surface area contributed by atoms with Gasteiger partial charge in [0.2, 0.25) is 0 Å². The first-order valence-electron chi connectivity index (χ1n) is 22.5. The smallest absolute Gasteiger partial charge is 0.137 e. The first kappa shape index (κ1) is 36.6. The van der Waals surface area contributed by atoms with E-state index in [1.54, 1.807) is 0 Å². The van der Waals surface area contributed by atoms with E-state index >= 15 is 0 Å². The van der Waals surface area contributed by atoms with E-state index in [1.807, 2.05) is 11.3 Å². The fourth-order valence-electron chi connectivity index (χ4n) is 11.0. The van der Waals surface area contributed by atoms with Gasteiger partial charge in [-0.25, -0.2) is 9.98 Å². The monoisotopic (exact) mass is 845 g/mol. The van der Waals surface area contributed by atoms with E-state index in [2.05, 4.69) is 211 Å². The van der Waals surface area contributed by atoms with E-state index in [-0.39, 0.29) is 5.92 Å². The van der Waals surface area contributed by atoms with E-state index < -0.39 is 0 Å². The number of amidine groups is 1. The molecule has 10 aromatic carbocycles. The quantitative estimate of drug-likeness (QED) is 0.169. The van der Waals surface area contributed by atoms with Gasteiger partial charge in [0, 0.05) is 49.7 Å². The lowest BCUT2D eigenvalue weighted by molar-refractivity contribution is 0.854. The van der Waals surface area contributed by atoms with Crippen LogP contribution < -0.4 is 0 Å². The van der Waals surface area contributed by atoms with Crippen LogP contribution in [0.1, 0.15) is 34.6 Å². The fraction of sp³-hybridized carbons (Fsp3) is 0.0492. The normalized spacial score (nSPS) is 15.1. The molecule has 1 atom stereocenters. The van der Waals surface area contributed by atoms with Gasteiger partial charge >= 0.3 is 0 Å². The Morgan fingerprint density at radius 1 is 0.477 bits per heavy atom. The van der Waals surface area contributed by atoms with Crippen molar-refractivity contribution in [2.24, 2.45) is 9.98 Å². The highest BCUT2D eigenvalue weighted by atomic mass is 32.1. The van der Waals surface area contributed by atoms with Crippen molar-refractivity contribution in [3.05, 3.63) is 229 Å². The summed E-state index contributed by atoms with van der Waals surface area (Å²) in [6, 6.07) is 73.7. The van der Waals surface area contributed by atoms with E-state index in [4.69, 9.17) is 9.98 Å². The zero-order chi connectivity index (χ0) is 42.6.